The summed E-state index contributed by atoms with van der Waals surface area (Å²) >= 11 is 0. The van der Waals surface area contributed by atoms with Gasteiger partial charge in [0.2, 0.25) is 5.82 Å². The van der Waals surface area contributed by atoms with E-state index in [1.54, 1.807) is 30.9 Å². The molecule has 27 heavy (non-hydrogen) atoms. The number of imidazole rings is 1. The van der Waals surface area contributed by atoms with Crippen LogP contribution in [0, 0.1) is 5.82 Å². The summed E-state index contributed by atoms with van der Waals surface area (Å²) in [7, 11) is 0. The highest BCUT2D eigenvalue weighted by Crippen LogP contribution is 2.31. The second kappa shape index (κ2) is 6.40. The Kier molecular flexibility index (Phi) is 3.75. The zero-order valence-corrected chi connectivity index (χ0v) is 14.1. The van der Waals surface area contributed by atoms with Gasteiger partial charge in [0.05, 0.1) is 25.2 Å². The van der Waals surface area contributed by atoms with Crippen LogP contribution in [0.3, 0.4) is 0 Å². The van der Waals surface area contributed by atoms with Crippen LogP contribution < -0.4 is 0 Å². The molecule has 0 saturated carbocycles. The van der Waals surface area contributed by atoms with Crippen molar-refractivity contribution in [1.29, 1.82) is 0 Å². The van der Waals surface area contributed by atoms with Crippen LogP contribution in [0.25, 0.3) is 23.0 Å². The van der Waals surface area contributed by atoms with Crippen LogP contribution in [0.4, 0.5) is 4.39 Å². The predicted octanol–water partition coefficient (Wildman–Crippen LogP) is 3.41. The van der Waals surface area contributed by atoms with Crippen molar-refractivity contribution in [3.63, 3.8) is 0 Å². The van der Waals surface area contributed by atoms with Crippen molar-refractivity contribution in [2.45, 2.75) is 19.3 Å². The summed E-state index contributed by atoms with van der Waals surface area (Å²) < 4.78 is 26.5. The van der Waals surface area contributed by atoms with Crippen LogP contribution >= 0.6 is 0 Å². The number of ether oxygens (including phenoxy) is 1. The van der Waals surface area contributed by atoms with E-state index in [1.807, 2.05) is 16.7 Å². The third-order valence-electron chi connectivity index (χ3n) is 4.52. The first-order chi connectivity index (χ1) is 13.3. The van der Waals surface area contributed by atoms with Gasteiger partial charge in [-0.2, -0.15) is 4.98 Å². The Hall–Kier alpha value is -3.39. The molecule has 0 aliphatic carbocycles. The molecule has 0 bridgehead atoms. The lowest BCUT2D eigenvalue weighted by Gasteiger charge is -2.25. The fourth-order valence-corrected chi connectivity index (χ4v) is 3.12. The number of rotatable bonds is 3. The molecule has 1 aliphatic heterocycles. The van der Waals surface area contributed by atoms with E-state index in [0.29, 0.717) is 30.6 Å². The topological polar surface area (TPSA) is 78.9 Å². The summed E-state index contributed by atoms with van der Waals surface area (Å²) in [6, 6.07) is 10.0. The van der Waals surface area contributed by atoms with Crippen molar-refractivity contribution >= 4 is 0 Å². The molecule has 0 spiro atoms. The normalized spacial score (nSPS) is 16.3. The molecule has 0 radical (unpaired) electrons. The smallest absolute Gasteiger partial charge is 0.278 e. The first kappa shape index (κ1) is 15.8. The number of halogens is 1. The Balaban J connectivity index is 1.42. The van der Waals surface area contributed by atoms with E-state index in [-0.39, 0.29) is 11.9 Å². The van der Waals surface area contributed by atoms with E-state index in [1.165, 1.54) is 12.1 Å². The van der Waals surface area contributed by atoms with Crippen molar-refractivity contribution < 1.29 is 13.7 Å². The molecule has 5 rings (SSSR count). The summed E-state index contributed by atoms with van der Waals surface area (Å²) in [6.07, 6.45) is 4.94. The summed E-state index contributed by atoms with van der Waals surface area (Å²) in [5.74, 6) is 0.535. The van der Waals surface area contributed by atoms with Crippen LogP contribution in [0.15, 0.2) is 59.6 Å². The van der Waals surface area contributed by atoms with Crippen LogP contribution in [0.5, 0.6) is 0 Å². The minimum absolute atomic E-state index is 0.159. The number of hydrogen-bond donors (Lipinski definition) is 0. The highest BCUT2D eigenvalue weighted by atomic mass is 19.1. The van der Waals surface area contributed by atoms with Gasteiger partial charge in [-0.25, -0.2) is 9.37 Å². The lowest BCUT2D eigenvalue weighted by molar-refractivity contribution is 0.00326. The third-order valence-corrected chi connectivity index (χ3v) is 4.52. The Morgan fingerprint density at radius 3 is 2.85 bits per heavy atom. The molecule has 0 saturated heterocycles. The maximum absolute atomic E-state index is 13.1. The molecular weight excluding hydrogens is 349 g/mol. The summed E-state index contributed by atoms with van der Waals surface area (Å²) in [6.45, 7) is 0.930. The molecule has 0 N–H and O–H groups in total. The molecule has 1 atom stereocenters. The van der Waals surface area contributed by atoms with Gasteiger partial charge in [-0.3, -0.25) is 4.98 Å². The minimum atomic E-state index is -0.263. The Bertz CT molecular complexity index is 1080. The van der Waals surface area contributed by atoms with Gasteiger partial charge in [0.1, 0.15) is 11.9 Å². The molecule has 8 heteroatoms. The number of nitrogens with zero attached hydrogens (tertiary/aromatic N) is 5. The molecule has 1 aliphatic rings. The lowest BCUT2D eigenvalue weighted by atomic mass is 10.1. The maximum atomic E-state index is 13.1. The quantitative estimate of drug-likeness (QED) is 0.555. The second-order valence-electron chi connectivity index (χ2n) is 6.21. The van der Waals surface area contributed by atoms with E-state index in [9.17, 15) is 4.39 Å². The van der Waals surface area contributed by atoms with E-state index >= 15 is 0 Å². The van der Waals surface area contributed by atoms with Gasteiger partial charge in [-0.1, -0.05) is 17.3 Å². The first-order valence-electron chi connectivity index (χ1n) is 8.43. The minimum Gasteiger partial charge on any atom is -0.365 e. The first-order valence-corrected chi connectivity index (χ1v) is 8.43. The molecule has 3 aromatic heterocycles. The molecule has 0 amide bonds. The SMILES string of the molecule is Fc1ccc([C@@H]2Cn3cnc(-c4nc(-c5cccnc5)no4)c3CO2)cc1. The molecule has 134 valence electrons. The number of benzene rings is 1. The molecule has 7 nitrogen and oxygen atoms in total. The highest BCUT2D eigenvalue weighted by molar-refractivity contribution is 5.58. The number of aromatic nitrogens is 5. The highest BCUT2D eigenvalue weighted by Gasteiger charge is 2.26. The molecule has 1 aromatic carbocycles. The fraction of sp³-hybridized carbons (Fsp3) is 0.158. The third kappa shape index (κ3) is 2.89. The summed E-state index contributed by atoms with van der Waals surface area (Å²) in [4.78, 5) is 12.9. The lowest BCUT2D eigenvalue weighted by Crippen LogP contribution is -2.20. The van der Waals surface area contributed by atoms with Crippen LogP contribution in [0.1, 0.15) is 17.4 Å². The monoisotopic (exact) mass is 363 g/mol. The van der Waals surface area contributed by atoms with Crippen molar-refractivity contribution in [1.82, 2.24) is 24.7 Å². The summed E-state index contributed by atoms with van der Waals surface area (Å²) in [5.41, 5.74) is 3.17. The second-order valence-corrected chi connectivity index (χ2v) is 6.21. The number of fused-ring (bicyclic) bond motifs is 1. The van der Waals surface area contributed by atoms with Gasteiger partial charge < -0.3 is 13.8 Å². The molecule has 4 heterocycles. The average Bonchev–Trinajstić information content (AvgIpc) is 3.36. The van der Waals surface area contributed by atoms with Crippen molar-refractivity contribution in [3.05, 3.63) is 72.2 Å². The largest absolute Gasteiger partial charge is 0.365 e. The Labute approximate surface area is 153 Å². The number of hydrogen-bond acceptors (Lipinski definition) is 6. The average molecular weight is 363 g/mol. The zero-order chi connectivity index (χ0) is 18.2. The van der Waals surface area contributed by atoms with E-state index in [4.69, 9.17) is 9.26 Å². The maximum Gasteiger partial charge on any atom is 0.278 e. The zero-order valence-electron chi connectivity index (χ0n) is 14.1. The van der Waals surface area contributed by atoms with Gasteiger partial charge >= 0.3 is 0 Å². The molecule has 0 unspecified atom stereocenters. The van der Waals surface area contributed by atoms with Crippen LogP contribution in [-0.4, -0.2) is 24.7 Å². The molecule has 4 aromatic rings. The standard InChI is InChI=1S/C19H14FN5O2/c20-14-5-3-12(4-6-14)16-9-25-11-22-17(15(25)10-26-16)19-23-18(24-27-19)13-2-1-7-21-8-13/h1-8,11,16H,9-10H2/t16-/m0/s1. The summed E-state index contributed by atoms with van der Waals surface area (Å²) in [5, 5.41) is 4.01. The van der Waals surface area contributed by atoms with Crippen molar-refractivity contribution in [2.24, 2.45) is 0 Å². The number of pyridine rings is 1. The van der Waals surface area contributed by atoms with E-state index < -0.39 is 0 Å². The van der Waals surface area contributed by atoms with Crippen molar-refractivity contribution in [2.75, 3.05) is 0 Å². The Morgan fingerprint density at radius 1 is 1.15 bits per heavy atom. The van der Waals surface area contributed by atoms with Gasteiger partial charge in [-0.15, -0.1) is 0 Å². The predicted molar refractivity (Wildman–Crippen MR) is 92.7 cm³/mol. The van der Waals surface area contributed by atoms with Crippen molar-refractivity contribution in [3.8, 4) is 23.0 Å². The van der Waals surface area contributed by atoms with Crippen LogP contribution in [-0.2, 0) is 17.9 Å². The van der Waals surface area contributed by atoms with Gasteiger partial charge in [0, 0.05) is 18.0 Å². The van der Waals surface area contributed by atoms with E-state index in [0.717, 1.165) is 16.8 Å². The van der Waals surface area contributed by atoms with Gasteiger partial charge in [0.25, 0.3) is 5.89 Å². The Morgan fingerprint density at radius 2 is 2.04 bits per heavy atom. The van der Waals surface area contributed by atoms with Crippen LogP contribution in [0.2, 0.25) is 0 Å². The van der Waals surface area contributed by atoms with Gasteiger partial charge in [-0.05, 0) is 29.8 Å². The van der Waals surface area contributed by atoms with E-state index in [2.05, 4.69) is 20.1 Å². The molecule has 0 fully saturated rings. The molecular formula is C19H14FN5O2. The van der Waals surface area contributed by atoms with Gasteiger partial charge in [0.15, 0.2) is 5.69 Å². The fourth-order valence-electron chi connectivity index (χ4n) is 3.12.